The fraction of sp³-hybridized carbons (Fsp3) is 0.368. The number of phenolic OH excluding ortho intramolecular Hbond substituents is 1. The van der Waals surface area contributed by atoms with Crippen LogP contribution in [0.1, 0.15) is 24.4 Å². The van der Waals surface area contributed by atoms with E-state index in [1.54, 1.807) is 6.07 Å². The largest absolute Gasteiger partial charge is 0.507 e. The number of hydrogen-bond acceptors (Lipinski definition) is 3. The number of aromatic hydroxyl groups is 1. The van der Waals surface area contributed by atoms with Crippen molar-refractivity contribution in [1.82, 2.24) is 4.90 Å². The van der Waals surface area contributed by atoms with Gasteiger partial charge in [0.05, 0.1) is 12.1 Å². The van der Waals surface area contributed by atoms with E-state index >= 15 is 0 Å². The highest BCUT2D eigenvalue weighted by Crippen LogP contribution is 2.41. The molecule has 2 atom stereocenters. The first-order valence-corrected chi connectivity index (χ1v) is 8.04. The molecule has 2 bridgehead atoms. The minimum Gasteiger partial charge on any atom is -0.507 e. The number of phenols is 1. The zero-order valence-electron chi connectivity index (χ0n) is 12.5. The Labute approximate surface area is 130 Å². The molecule has 0 saturated carbocycles. The smallest absolute Gasteiger partial charge is 0.123 e. The van der Waals surface area contributed by atoms with Crippen LogP contribution >= 0.6 is 0 Å². The van der Waals surface area contributed by atoms with Crippen molar-refractivity contribution >= 4 is 0 Å². The molecule has 5 rings (SSSR count). The van der Waals surface area contributed by atoms with Crippen molar-refractivity contribution in [1.29, 1.82) is 0 Å². The zero-order chi connectivity index (χ0) is 15.1. The van der Waals surface area contributed by atoms with E-state index in [0.717, 1.165) is 37.1 Å². The van der Waals surface area contributed by atoms with Gasteiger partial charge in [0.25, 0.3) is 0 Å². The monoisotopic (exact) mass is 295 g/mol. The van der Waals surface area contributed by atoms with Gasteiger partial charge in [-0.1, -0.05) is 42.5 Å². The summed E-state index contributed by atoms with van der Waals surface area (Å²) in [5, 5.41) is 20.5. The van der Waals surface area contributed by atoms with E-state index in [1.807, 2.05) is 30.3 Å². The normalized spacial score (nSPS) is 30.4. The van der Waals surface area contributed by atoms with Crippen LogP contribution in [0.4, 0.5) is 0 Å². The fourth-order valence-corrected chi connectivity index (χ4v) is 4.00. The number of aliphatic hydroxyl groups is 1. The van der Waals surface area contributed by atoms with E-state index in [1.165, 1.54) is 5.56 Å². The van der Waals surface area contributed by atoms with Crippen molar-refractivity contribution in [3.63, 3.8) is 0 Å². The summed E-state index contributed by atoms with van der Waals surface area (Å²) in [6.07, 6.45) is 1.99. The molecule has 0 amide bonds. The highest BCUT2D eigenvalue weighted by atomic mass is 16.3. The first-order valence-electron chi connectivity index (χ1n) is 8.04. The van der Waals surface area contributed by atoms with Gasteiger partial charge in [0.15, 0.2) is 0 Å². The minimum atomic E-state index is -0.251. The van der Waals surface area contributed by atoms with Crippen LogP contribution in [-0.4, -0.2) is 34.3 Å². The van der Waals surface area contributed by atoms with Crippen LogP contribution in [0.25, 0.3) is 11.1 Å². The Morgan fingerprint density at radius 1 is 0.909 bits per heavy atom. The third kappa shape index (κ3) is 2.21. The molecule has 2 N–H and O–H groups in total. The molecule has 114 valence electrons. The standard InChI is InChI=1S/C19H21NO2/c21-17-4-2-1-3-16(17)13-5-7-14(8-6-13)18-19(22)15-9-11-20(18)12-10-15/h1-8,15,18-19,21-22H,9-12H2. The van der Waals surface area contributed by atoms with Gasteiger partial charge in [0.2, 0.25) is 0 Å². The van der Waals surface area contributed by atoms with Gasteiger partial charge >= 0.3 is 0 Å². The molecule has 3 nitrogen and oxygen atoms in total. The summed E-state index contributed by atoms with van der Waals surface area (Å²) in [4.78, 5) is 2.40. The number of piperidine rings is 3. The third-order valence-corrected chi connectivity index (χ3v) is 5.24. The second-order valence-corrected chi connectivity index (χ2v) is 6.45. The number of fused-ring (bicyclic) bond motifs is 3. The Morgan fingerprint density at radius 3 is 2.23 bits per heavy atom. The van der Waals surface area contributed by atoms with Crippen LogP contribution in [0.5, 0.6) is 5.75 Å². The molecule has 0 spiro atoms. The average molecular weight is 295 g/mol. The molecule has 2 unspecified atom stereocenters. The number of benzene rings is 2. The Morgan fingerprint density at radius 2 is 1.59 bits per heavy atom. The van der Waals surface area contributed by atoms with E-state index in [2.05, 4.69) is 17.0 Å². The highest BCUT2D eigenvalue weighted by molar-refractivity contribution is 5.70. The molecular formula is C19H21NO2. The first-order chi connectivity index (χ1) is 10.7. The summed E-state index contributed by atoms with van der Waals surface area (Å²) in [5.41, 5.74) is 3.03. The molecule has 2 aromatic carbocycles. The summed E-state index contributed by atoms with van der Waals surface area (Å²) < 4.78 is 0. The maximum atomic E-state index is 10.6. The van der Waals surface area contributed by atoms with E-state index < -0.39 is 0 Å². The lowest BCUT2D eigenvalue weighted by Crippen LogP contribution is -2.52. The fourth-order valence-electron chi connectivity index (χ4n) is 4.00. The summed E-state index contributed by atoms with van der Waals surface area (Å²) >= 11 is 0. The molecule has 0 aliphatic carbocycles. The van der Waals surface area contributed by atoms with Crippen LogP contribution in [0, 0.1) is 5.92 Å². The van der Waals surface area contributed by atoms with Gasteiger partial charge in [-0.3, -0.25) is 4.90 Å². The molecule has 3 fully saturated rings. The summed E-state index contributed by atoms with van der Waals surface area (Å²) in [7, 11) is 0. The second kappa shape index (κ2) is 5.41. The van der Waals surface area contributed by atoms with Gasteiger partial charge in [0.1, 0.15) is 5.75 Å². The zero-order valence-corrected chi connectivity index (χ0v) is 12.5. The second-order valence-electron chi connectivity index (χ2n) is 6.45. The molecule has 3 aliphatic heterocycles. The van der Waals surface area contributed by atoms with Crippen molar-refractivity contribution in [2.45, 2.75) is 25.0 Å². The summed E-state index contributed by atoms with van der Waals surface area (Å²) in [6, 6.07) is 15.8. The Kier molecular flexibility index (Phi) is 3.40. The lowest BCUT2D eigenvalue weighted by atomic mass is 9.78. The van der Waals surface area contributed by atoms with Crippen LogP contribution in [-0.2, 0) is 0 Å². The Hall–Kier alpha value is -1.84. The van der Waals surface area contributed by atoms with Crippen LogP contribution in [0.3, 0.4) is 0 Å². The quantitative estimate of drug-likeness (QED) is 0.894. The topological polar surface area (TPSA) is 43.7 Å². The first kappa shape index (κ1) is 13.8. The Balaban J connectivity index is 1.64. The highest BCUT2D eigenvalue weighted by Gasteiger charge is 2.41. The lowest BCUT2D eigenvalue weighted by Gasteiger charge is -2.49. The van der Waals surface area contributed by atoms with Gasteiger partial charge < -0.3 is 10.2 Å². The van der Waals surface area contributed by atoms with Gasteiger partial charge in [-0.15, -0.1) is 0 Å². The number of rotatable bonds is 2. The third-order valence-electron chi connectivity index (χ3n) is 5.24. The minimum absolute atomic E-state index is 0.130. The van der Waals surface area contributed by atoms with Crippen molar-refractivity contribution in [3.05, 3.63) is 54.1 Å². The predicted octanol–water partition coefficient (Wildman–Crippen LogP) is 3.19. The molecule has 3 saturated heterocycles. The van der Waals surface area contributed by atoms with Crippen LogP contribution in [0.15, 0.2) is 48.5 Å². The van der Waals surface area contributed by atoms with Crippen LogP contribution < -0.4 is 0 Å². The number of aliphatic hydroxyl groups excluding tert-OH is 1. The maximum Gasteiger partial charge on any atom is 0.123 e. The number of para-hydroxylation sites is 1. The predicted molar refractivity (Wildman–Crippen MR) is 86.6 cm³/mol. The van der Waals surface area contributed by atoms with E-state index in [4.69, 9.17) is 0 Å². The molecule has 3 aliphatic rings. The van der Waals surface area contributed by atoms with Gasteiger partial charge in [-0.2, -0.15) is 0 Å². The van der Waals surface area contributed by atoms with Crippen molar-refractivity contribution in [3.8, 4) is 16.9 Å². The molecule has 0 radical (unpaired) electrons. The molecular weight excluding hydrogens is 274 g/mol. The summed E-state index contributed by atoms with van der Waals surface area (Å²) in [6.45, 7) is 2.18. The van der Waals surface area contributed by atoms with Crippen molar-refractivity contribution in [2.24, 2.45) is 5.92 Å². The van der Waals surface area contributed by atoms with E-state index in [-0.39, 0.29) is 12.1 Å². The van der Waals surface area contributed by atoms with Gasteiger partial charge in [0, 0.05) is 5.56 Å². The maximum absolute atomic E-state index is 10.6. The van der Waals surface area contributed by atoms with E-state index in [0.29, 0.717) is 11.7 Å². The molecule has 22 heavy (non-hydrogen) atoms. The molecule has 3 heterocycles. The molecule has 2 aromatic rings. The van der Waals surface area contributed by atoms with E-state index in [9.17, 15) is 10.2 Å². The van der Waals surface area contributed by atoms with Crippen LogP contribution in [0.2, 0.25) is 0 Å². The SMILES string of the molecule is Oc1ccccc1-c1ccc(C2C(O)C3CCN2CC3)cc1. The summed E-state index contributed by atoms with van der Waals surface area (Å²) in [5.74, 6) is 0.753. The van der Waals surface area contributed by atoms with Crippen molar-refractivity contribution in [2.75, 3.05) is 13.1 Å². The lowest BCUT2D eigenvalue weighted by molar-refractivity contribution is -0.0739. The molecule has 0 aromatic heterocycles. The molecule has 3 heteroatoms. The number of hydrogen-bond donors (Lipinski definition) is 2. The van der Waals surface area contributed by atoms with Crippen molar-refractivity contribution < 1.29 is 10.2 Å². The van der Waals surface area contributed by atoms with Gasteiger partial charge in [-0.25, -0.2) is 0 Å². The Bertz CT molecular complexity index is 657. The average Bonchev–Trinajstić information content (AvgIpc) is 2.57. The van der Waals surface area contributed by atoms with Gasteiger partial charge in [-0.05, 0) is 49.0 Å². The number of nitrogens with zero attached hydrogens (tertiary/aromatic N) is 1.